The van der Waals surface area contributed by atoms with Crippen LogP contribution in [0.25, 0.3) is 11.4 Å². The van der Waals surface area contributed by atoms with Crippen LogP contribution in [0.2, 0.25) is 0 Å². The minimum Gasteiger partial charge on any atom is -0.332 e. The zero-order valence-electron chi connectivity index (χ0n) is 15.5. The van der Waals surface area contributed by atoms with Crippen molar-refractivity contribution in [3.05, 3.63) is 36.2 Å². The van der Waals surface area contributed by atoms with E-state index in [0.717, 1.165) is 36.8 Å². The van der Waals surface area contributed by atoms with Crippen LogP contribution in [-0.4, -0.2) is 56.7 Å². The van der Waals surface area contributed by atoms with Gasteiger partial charge in [-0.05, 0) is 32.9 Å². The van der Waals surface area contributed by atoms with E-state index >= 15 is 0 Å². The number of hydrogen-bond acceptors (Lipinski definition) is 4. The van der Waals surface area contributed by atoms with Gasteiger partial charge in [0.05, 0.1) is 19.1 Å². The van der Waals surface area contributed by atoms with Gasteiger partial charge in [-0.15, -0.1) is 10.2 Å². The Bertz CT molecular complexity index is 749. The normalized spacial score (nSPS) is 21.3. The van der Waals surface area contributed by atoms with Gasteiger partial charge in [-0.1, -0.05) is 43.2 Å². The zero-order chi connectivity index (χ0) is 17.9. The summed E-state index contributed by atoms with van der Waals surface area (Å²) in [6, 6.07) is 10.3. The van der Waals surface area contributed by atoms with Gasteiger partial charge in [-0.3, -0.25) is 9.69 Å². The molecular formula is C20H27N5O. The molecule has 1 amide bonds. The van der Waals surface area contributed by atoms with Crippen LogP contribution in [0.5, 0.6) is 0 Å². The first-order valence-electron chi connectivity index (χ1n) is 9.71. The summed E-state index contributed by atoms with van der Waals surface area (Å²) >= 11 is 0. The highest BCUT2D eigenvalue weighted by Gasteiger charge is 2.30. The van der Waals surface area contributed by atoms with E-state index in [9.17, 15) is 4.79 Å². The number of likely N-dealkylation sites (tertiary alicyclic amines) is 1. The fourth-order valence-electron chi connectivity index (χ4n) is 4.09. The van der Waals surface area contributed by atoms with Crippen LogP contribution in [0.1, 0.15) is 44.5 Å². The lowest BCUT2D eigenvalue weighted by Crippen LogP contribution is -2.45. The molecule has 0 saturated carbocycles. The van der Waals surface area contributed by atoms with Gasteiger partial charge in [0.2, 0.25) is 5.91 Å². The molecule has 6 nitrogen and oxygen atoms in total. The second-order valence-corrected chi connectivity index (χ2v) is 7.49. The second-order valence-electron chi connectivity index (χ2n) is 7.49. The van der Waals surface area contributed by atoms with Gasteiger partial charge in [0.25, 0.3) is 0 Å². The number of carbonyl (C=O) groups is 1. The summed E-state index contributed by atoms with van der Waals surface area (Å²) in [4.78, 5) is 17.1. The van der Waals surface area contributed by atoms with Gasteiger partial charge in [0.15, 0.2) is 11.6 Å². The maximum Gasteiger partial charge on any atom is 0.237 e. The molecular weight excluding hydrogens is 326 g/mol. The van der Waals surface area contributed by atoms with Crippen molar-refractivity contribution in [3.8, 4) is 11.4 Å². The van der Waals surface area contributed by atoms with Gasteiger partial charge < -0.3 is 9.47 Å². The van der Waals surface area contributed by atoms with E-state index in [1.165, 1.54) is 25.7 Å². The summed E-state index contributed by atoms with van der Waals surface area (Å²) in [5.41, 5.74) is 1.07. The average Bonchev–Trinajstić information content (AvgIpc) is 2.93. The molecule has 138 valence electrons. The third-order valence-electron chi connectivity index (χ3n) is 5.47. The number of aromatic nitrogens is 3. The van der Waals surface area contributed by atoms with Gasteiger partial charge in [-0.25, -0.2) is 0 Å². The molecule has 0 N–H and O–H groups in total. The van der Waals surface area contributed by atoms with Crippen LogP contribution in [0.15, 0.2) is 30.3 Å². The third kappa shape index (κ3) is 3.51. The van der Waals surface area contributed by atoms with E-state index in [4.69, 9.17) is 0 Å². The van der Waals surface area contributed by atoms with E-state index < -0.39 is 0 Å². The lowest BCUT2D eigenvalue weighted by atomic mass is 10.1. The molecule has 0 aliphatic carbocycles. The van der Waals surface area contributed by atoms with Crippen molar-refractivity contribution in [2.45, 2.75) is 45.2 Å². The van der Waals surface area contributed by atoms with E-state index in [1.807, 2.05) is 23.1 Å². The summed E-state index contributed by atoms with van der Waals surface area (Å²) in [6.45, 7) is 6.04. The molecule has 6 heteroatoms. The maximum absolute atomic E-state index is 12.8. The number of nitrogens with zero attached hydrogens (tertiary/aromatic N) is 5. The molecule has 2 aromatic rings. The molecule has 26 heavy (non-hydrogen) atoms. The average molecular weight is 353 g/mol. The lowest BCUT2D eigenvalue weighted by Gasteiger charge is -2.34. The summed E-state index contributed by atoms with van der Waals surface area (Å²) in [5, 5.41) is 8.79. The summed E-state index contributed by atoms with van der Waals surface area (Å²) in [5.74, 6) is 1.99. The number of carbonyl (C=O) groups excluding carboxylic acids is 1. The van der Waals surface area contributed by atoms with Gasteiger partial charge >= 0.3 is 0 Å². The molecule has 2 aliphatic heterocycles. The molecule has 0 unspecified atom stereocenters. The van der Waals surface area contributed by atoms with Gasteiger partial charge in [0.1, 0.15) is 0 Å². The minimum atomic E-state index is 0.178. The van der Waals surface area contributed by atoms with Crippen LogP contribution in [-0.2, 0) is 11.3 Å². The SMILES string of the molecule is C[C@H]1CN(C(=O)CN2CCCCCC2)Cc2nnc(-c3ccccc3)n21. The Kier molecular flexibility index (Phi) is 5.02. The first-order chi connectivity index (χ1) is 12.7. The number of benzene rings is 1. The van der Waals surface area contributed by atoms with Crippen molar-refractivity contribution >= 4 is 5.91 Å². The molecule has 1 aromatic heterocycles. The van der Waals surface area contributed by atoms with Crippen molar-refractivity contribution in [2.24, 2.45) is 0 Å². The molecule has 4 rings (SSSR count). The Morgan fingerprint density at radius 1 is 1.08 bits per heavy atom. The number of fused-ring (bicyclic) bond motifs is 1. The summed E-state index contributed by atoms with van der Waals surface area (Å²) in [6.07, 6.45) is 4.99. The molecule has 0 bridgehead atoms. The Morgan fingerprint density at radius 2 is 1.81 bits per heavy atom. The highest BCUT2D eigenvalue weighted by molar-refractivity contribution is 5.78. The standard InChI is InChI=1S/C20H27N5O/c1-16-13-24(19(26)15-23-11-7-2-3-8-12-23)14-18-21-22-20(25(16)18)17-9-5-4-6-10-17/h4-6,9-10,16H,2-3,7-8,11-15H2,1H3/t16-/m0/s1. The van der Waals surface area contributed by atoms with Crippen LogP contribution < -0.4 is 0 Å². The van der Waals surface area contributed by atoms with Gasteiger partial charge in [-0.2, -0.15) is 0 Å². The van der Waals surface area contributed by atoms with Crippen molar-refractivity contribution in [3.63, 3.8) is 0 Å². The van der Waals surface area contributed by atoms with E-state index in [2.05, 4.69) is 38.7 Å². The minimum absolute atomic E-state index is 0.178. The molecule has 1 atom stereocenters. The molecule has 3 heterocycles. The number of rotatable bonds is 3. The Morgan fingerprint density at radius 3 is 2.54 bits per heavy atom. The zero-order valence-corrected chi connectivity index (χ0v) is 15.5. The second kappa shape index (κ2) is 7.58. The van der Waals surface area contributed by atoms with E-state index in [-0.39, 0.29) is 11.9 Å². The van der Waals surface area contributed by atoms with Crippen LogP contribution in [0.4, 0.5) is 0 Å². The number of hydrogen-bond donors (Lipinski definition) is 0. The first kappa shape index (κ1) is 17.2. The maximum atomic E-state index is 12.8. The van der Waals surface area contributed by atoms with Gasteiger partial charge in [0, 0.05) is 12.1 Å². The van der Waals surface area contributed by atoms with Crippen LogP contribution in [0, 0.1) is 0 Å². The molecule has 2 aliphatic rings. The van der Waals surface area contributed by atoms with E-state index in [1.54, 1.807) is 0 Å². The van der Waals surface area contributed by atoms with Crippen LogP contribution >= 0.6 is 0 Å². The molecule has 0 radical (unpaired) electrons. The fourth-order valence-corrected chi connectivity index (χ4v) is 4.09. The predicted molar refractivity (Wildman–Crippen MR) is 100 cm³/mol. The number of amides is 1. The van der Waals surface area contributed by atoms with E-state index in [0.29, 0.717) is 13.1 Å². The summed E-state index contributed by atoms with van der Waals surface area (Å²) in [7, 11) is 0. The highest BCUT2D eigenvalue weighted by atomic mass is 16.2. The van der Waals surface area contributed by atoms with Crippen molar-refractivity contribution < 1.29 is 4.79 Å². The topological polar surface area (TPSA) is 54.3 Å². The Hall–Kier alpha value is -2.21. The molecule has 1 aromatic carbocycles. The molecule has 0 spiro atoms. The van der Waals surface area contributed by atoms with Crippen molar-refractivity contribution in [2.75, 3.05) is 26.2 Å². The van der Waals surface area contributed by atoms with Crippen LogP contribution in [0.3, 0.4) is 0 Å². The third-order valence-corrected chi connectivity index (χ3v) is 5.47. The predicted octanol–water partition coefficient (Wildman–Crippen LogP) is 2.72. The Balaban J connectivity index is 1.48. The molecule has 1 saturated heterocycles. The monoisotopic (exact) mass is 353 g/mol. The molecule has 1 fully saturated rings. The largest absolute Gasteiger partial charge is 0.332 e. The first-order valence-corrected chi connectivity index (χ1v) is 9.71. The Labute approximate surface area is 154 Å². The lowest BCUT2D eigenvalue weighted by molar-refractivity contribution is -0.134. The van der Waals surface area contributed by atoms with Crippen molar-refractivity contribution in [1.29, 1.82) is 0 Å². The summed E-state index contributed by atoms with van der Waals surface area (Å²) < 4.78 is 2.19. The van der Waals surface area contributed by atoms with Crippen molar-refractivity contribution in [1.82, 2.24) is 24.6 Å². The smallest absolute Gasteiger partial charge is 0.237 e. The fraction of sp³-hybridized carbons (Fsp3) is 0.550. The highest BCUT2D eigenvalue weighted by Crippen LogP contribution is 2.27. The quantitative estimate of drug-likeness (QED) is 0.851.